The van der Waals surface area contributed by atoms with Crippen LogP contribution < -0.4 is 11.1 Å². The highest BCUT2D eigenvalue weighted by atomic mass is 14.8. The minimum absolute atomic E-state index is 0.854. The Kier molecular flexibility index (Phi) is 22.8. The molecule has 0 atom stereocenters. The van der Waals surface area contributed by atoms with Crippen LogP contribution in [0.15, 0.2) is 0 Å². The molecule has 0 radical (unpaired) electrons. The molecule has 0 bridgehead atoms. The predicted octanol–water partition coefficient (Wildman–Crippen LogP) is 6.58. The fraction of sp³-hybridized carbons (Fsp3) is 1.00. The second-order valence-electron chi connectivity index (χ2n) is 7.55. The summed E-state index contributed by atoms with van der Waals surface area (Å²) in [4.78, 5) is 0. The van der Waals surface area contributed by atoms with E-state index < -0.39 is 0 Å². The average Bonchev–Trinajstić information content (AvgIpc) is 2.60. The maximum atomic E-state index is 5.49. The molecular weight excluding hydrogens is 292 g/mol. The first-order valence-electron chi connectivity index (χ1n) is 11.3. The number of unbranched alkanes of at least 4 members (excludes halogenated alkanes) is 16. The van der Waals surface area contributed by atoms with Gasteiger partial charge < -0.3 is 11.1 Å². The molecule has 24 heavy (non-hydrogen) atoms. The monoisotopic (exact) mass is 340 g/mol. The van der Waals surface area contributed by atoms with Crippen molar-refractivity contribution in [2.24, 2.45) is 5.73 Å². The summed E-state index contributed by atoms with van der Waals surface area (Å²) in [6.45, 7) is 5.56. The van der Waals surface area contributed by atoms with Crippen molar-refractivity contribution >= 4 is 0 Å². The van der Waals surface area contributed by atoms with Crippen LogP contribution in [0.25, 0.3) is 0 Å². The van der Waals surface area contributed by atoms with Gasteiger partial charge in [-0.2, -0.15) is 0 Å². The summed E-state index contributed by atoms with van der Waals surface area (Å²) in [5.74, 6) is 0. The largest absolute Gasteiger partial charge is 0.330 e. The van der Waals surface area contributed by atoms with Crippen molar-refractivity contribution in [3.05, 3.63) is 0 Å². The molecule has 0 aromatic rings. The second-order valence-corrected chi connectivity index (χ2v) is 7.55. The Hall–Kier alpha value is -0.0800. The van der Waals surface area contributed by atoms with E-state index in [0.29, 0.717) is 0 Å². The average molecular weight is 341 g/mol. The SMILES string of the molecule is CCCCCCCCCCCCCCCCNCCCCCCN. The zero-order chi connectivity index (χ0) is 17.6. The molecule has 0 aliphatic carbocycles. The lowest BCUT2D eigenvalue weighted by Gasteiger charge is -2.05. The molecule has 0 heterocycles. The van der Waals surface area contributed by atoms with Crippen LogP contribution >= 0.6 is 0 Å². The van der Waals surface area contributed by atoms with Crippen molar-refractivity contribution in [1.29, 1.82) is 0 Å². The Morgan fingerprint density at radius 1 is 0.458 bits per heavy atom. The Balaban J connectivity index is 2.93. The molecule has 0 saturated carbocycles. The van der Waals surface area contributed by atoms with E-state index in [1.165, 1.54) is 129 Å². The fourth-order valence-electron chi connectivity index (χ4n) is 3.32. The Morgan fingerprint density at radius 2 is 0.792 bits per heavy atom. The maximum absolute atomic E-state index is 5.49. The fourth-order valence-corrected chi connectivity index (χ4v) is 3.32. The van der Waals surface area contributed by atoms with Gasteiger partial charge in [0, 0.05) is 0 Å². The van der Waals surface area contributed by atoms with Crippen LogP contribution in [0, 0.1) is 0 Å². The van der Waals surface area contributed by atoms with Crippen molar-refractivity contribution < 1.29 is 0 Å². The zero-order valence-corrected chi connectivity index (χ0v) is 16.9. The first kappa shape index (κ1) is 23.9. The third-order valence-electron chi connectivity index (χ3n) is 5.01. The number of nitrogens with one attached hydrogen (secondary N) is 1. The van der Waals surface area contributed by atoms with Crippen molar-refractivity contribution in [3.63, 3.8) is 0 Å². The van der Waals surface area contributed by atoms with Crippen LogP contribution in [0.4, 0.5) is 0 Å². The Morgan fingerprint density at radius 3 is 1.17 bits per heavy atom. The minimum Gasteiger partial charge on any atom is -0.330 e. The maximum Gasteiger partial charge on any atom is -0.00489 e. The van der Waals surface area contributed by atoms with Gasteiger partial charge in [0.25, 0.3) is 0 Å². The molecule has 0 rings (SSSR count). The molecule has 0 unspecified atom stereocenters. The van der Waals surface area contributed by atoms with Gasteiger partial charge >= 0.3 is 0 Å². The molecule has 0 aliphatic heterocycles. The summed E-state index contributed by atoms with van der Waals surface area (Å²) in [5, 5.41) is 3.57. The highest BCUT2D eigenvalue weighted by Gasteiger charge is 1.94. The third-order valence-corrected chi connectivity index (χ3v) is 5.01. The van der Waals surface area contributed by atoms with Crippen molar-refractivity contribution in [1.82, 2.24) is 5.32 Å². The lowest BCUT2D eigenvalue weighted by Crippen LogP contribution is -2.16. The number of hydrogen-bond donors (Lipinski definition) is 2. The van der Waals surface area contributed by atoms with E-state index in [1.54, 1.807) is 0 Å². The molecule has 0 aromatic heterocycles. The van der Waals surface area contributed by atoms with E-state index in [1.807, 2.05) is 0 Å². The molecule has 3 N–H and O–H groups in total. The minimum atomic E-state index is 0.854. The van der Waals surface area contributed by atoms with Gasteiger partial charge in [0.15, 0.2) is 0 Å². The first-order valence-corrected chi connectivity index (χ1v) is 11.3. The predicted molar refractivity (Wildman–Crippen MR) is 111 cm³/mol. The number of nitrogens with two attached hydrogens (primary N) is 1. The van der Waals surface area contributed by atoms with Crippen molar-refractivity contribution in [2.75, 3.05) is 19.6 Å². The summed E-state index contributed by atoms with van der Waals surface area (Å²) in [6, 6.07) is 0. The molecule has 2 nitrogen and oxygen atoms in total. The quantitative estimate of drug-likeness (QED) is 0.232. The van der Waals surface area contributed by atoms with E-state index in [4.69, 9.17) is 5.73 Å². The number of hydrogen-bond acceptors (Lipinski definition) is 2. The highest BCUT2D eigenvalue weighted by Crippen LogP contribution is 2.12. The van der Waals surface area contributed by atoms with Gasteiger partial charge in [0.05, 0.1) is 0 Å². The van der Waals surface area contributed by atoms with Gasteiger partial charge in [0.1, 0.15) is 0 Å². The summed E-state index contributed by atoms with van der Waals surface area (Å²) in [6.07, 6.45) is 25.4. The van der Waals surface area contributed by atoms with Gasteiger partial charge in [0.2, 0.25) is 0 Å². The van der Waals surface area contributed by atoms with Gasteiger partial charge in [-0.3, -0.25) is 0 Å². The van der Waals surface area contributed by atoms with E-state index in [0.717, 1.165) is 6.54 Å². The highest BCUT2D eigenvalue weighted by molar-refractivity contribution is 4.52. The van der Waals surface area contributed by atoms with Crippen LogP contribution in [0.2, 0.25) is 0 Å². The molecule has 0 fully saturated rings. The molecule has 2 heteroatoms. The molecule has 0 spiro atoms. The van der Waals surface area contributed by atoms with Crippen LogP contribution in [0.5, 0.6) is 0 Å². The summed E-state index contributed by atoms with van der Waals surface area (Å²) < 4.78 is 0. The molecule has 0 amide bonds. The summed E-state index contributed by atoms with van der Waals surface area (Å²) >= 11 is 0. The molecular formula is C22H48N2. The smallest absolute Gasteiger partial charge is 0.00489 e. The zero-order valence-electron chi connectivity index (χ0n) is 16.9. The third kappa shape index (κ3) is 21.9. The van der Waals surface area contributed by atoms with E-state index >= 15 is 0 Å². The van der Waals surface area contributed by atoms with Crippen LogP contribution in [0.3, 0.4) is 0 Å². The van der Waals surface area contributed by atoms with Gasteiger partial charge in [-0.25, -0.2) is 0 Å². The first-order chi connectivity index (χ1) is 11.9. The van der Waals surface area contributed by atoms with E-state index in [2.05, 4.69) is 12.2 Å². The van der Waals surface area contributed by atoms with Crippen LogP contribution in [-0.2, 0) is 0 Å². The lowest BCUT2D eigenvalue weighted by molar-refractivity contribution is 0.525. The van der Waals surface area contributed by atoms with Gasteiger partial charge in [-0.15, -0.1) is 0 Å². The normalized spacial score (nSPS) is 11.2. The standard InChI is InChI=1S/C22H48N2/c1-2-3-4-5-6-7-8-9-10-11-12-13-15-18-21-24-22-19-16-14-17-20-23/h24H,2-23H2,1H3. The molecule has 0 aliphatic rings. The number of rotatable bonds is 21. The van der Waals surface area contributed by atoms with Crippen molar-refractivity contribution in [3.8, 4) is 0 Å². The summed E-state index contributed by atoms with van der Waals surface area (Å²) in [7, 11) is 0. The molecule has 146 valence electrons. The van der Waals surface area contributed by atoms with E-state index in [9.17, 15) is 0 Å². The van der Waals surface area contributed by atoms with Crippen molar-refractivity contribution in [2.45, 2.75) is 122 Å². The summed E-state index contributed by atoms with van der Waals surface area (Å²) in [5.41, 5.74) is 5.49. The Labute approximate surface area is 153 Å². The molecule has 0 saturated heterocycles. The second kappa shape index (κ2) is 22.9. The lowest BCUT2D eigenvalue weighted by atomic mass is 10.0. The molecule has 0 aromatic carbocycles. The van der Waals surface area contributed by atoms with E-state index in [-0.39, 0.29) is 0 Å². The Bertz CT molecular complexity index is 184. The van der Waals surface area contributed by atoms with Crippen LogP contribution in [0.1, 0.15) is 122 Å². The topological polar surface area (TPSA) is 38.0 Å². The van der Waals surface area contributed by atoms with Gasteiger partial charge in [-0.1, -0.05) is 103 Å². The van der Waals surface area contributed by atoms with Crippen LogP contribution in [-0.4, -0.2) is 19.6 Å². The van der Waals surface area contributed by atoms with Gasteiger partial charge in [-0.05, 0) is 38.9 Å².